The van der Waals surface area contributed by atoms with E-state index >= 15 is 0 Å². The van der Waals surface area contributed by atoms with Gasteiger partial charge in [0.25, 0.3) is 11.1 Å². The van der Waals surface area contributed by atoms with E-state index in [-0.39, 0.29) is 23.0 Å². The Hall–Kier alpha value is -4.22. The average Bonchev–Trinajstić information content (AvgIpc) is 2.74. The normalized spacial score (nSPS) is 11.8. The van der Waals surface area contributed by atoms with Crippen molar-refractivity contribution in [2.75, 3.05) is 0 Å². The van der Waals surface area contributed by atoms with Gasteiger partial charge >= 0.3 is 11.4 Å². The molecule has 1 aromatic carbocycles. The molecule has 31 heavy (non-hydrogen) atoms. The topological polar surface area (TPSA) is 150 Å². The minimum absolute atomic E-state index is 0.0407. The molecule has 0 unspecified atom stereocenters. The number of aromatic nitrogens is 8. The van der Waals surface area contributed by atoms with Crippen LogP contribution in [0.25, 0.3) is 45.1 Å². The first kappa shape index (κ1) is 18.8. The first-order valence-corrected chi connectivity index (χ1v) is 9.60. The molecule has 12 heteroatoms. The van der Waals surface area contributed by atoms with E-state index in [9.17, 15) is 19.2 Å². The highest BCUT2D eigenvalue weighted by Crippen LogP contribution is 2.27. The lowest BCUT2D eigenvalue weighted by Crippen LogP contribution is -2.36. The monoisotopic (exact) mass is 420 g/mol. The number of H-pyrrole nitrogens is 1. The smallest absolute Gasteiger partial charge is 0.323 e. The molecule has 1 N–H and O–H groups in total. The maximum absolute atomic E-state index is 12.6. The van der Waals surface area contributed by atoms with Gasteiger partial charge in [0, 0.05) is 20.1 Å². The van der Waals surface area contributed by atoms with Crippen molar-refractivity contribution in [3.8, 4) is 23.0 Å². The Bertz CT molecular complexity index is 1710. The Kier molecular flexibility index (Phi) is 3.87. The summed E-state index contributed by atoms with van der Waals surface area (Å²) in [4.78, 5) is 67.8. The molecular formula is C19H16N8O4. The summed E-state index contributed by atoms with van der Waals surface area (Å²) in [5, 5.41) is 0. The molecule has 0 bridgehead atoms. The molecule has 0 fully saturated rings. The molecule has 0 spiro atoms. The van der Waals surface area contributed by atoms with Crippen LogP contribution in [-0.4, -0.2) is 38.6 Å². The molecule has 4 heterocycles. The summed E-state index contributed by atoms with van der Waals surface area (Å²) in [6.07, 6.45) is 0. The summed E-state index contributed by atoms with van der Waals surface area (Å²) in [5.41, 5.74) is -0.316. The lowest BCUT2D eigenvalue weighted by atomic mass is 10.2. The fourth-order valence-electron chi connectivity index (χ4n) is 3.85. The average molecular weight is 420 g/mol. The van der Waals surface area contributed by atoms with Gasteiger partial charge in [0.2, 0.25) is 0 Å². The van der Waals surface area contributed by atoms with Gasteiger partial charge in [-0.2, -0.15) is 9.97 Å². The molecule has 4 aliphatic heterocycles. The molecule has 0 radical (unpaired) electrons. The quantitative estimate of drug-likeness (QED) is 0.377. The number of nitrogens with one attached hydrogen (secondary N) is 1. The van der Waals surface area contributed by atoms with Crippen molar-refractivity contribution < 1.29 is 0 Å². The van der Waals surface area contributed by atoms with Crippen molar-refractivity contribution in [1.29, 1.82) is 0 Å². The third-order valence-corrected chi connectivity index (χ3v) is 5.32. The predicted molar refractivity (Wildman–Crippen MR) is 112 cm³/mol. The van der Waals surface area contributed by atoms with Gasteiger partial charge in [0.1, 0.15) is 0 Å². The zero-order valence-electron chi connectivity index (χ0n) is 16.8. The number of benzene rings is 1. The van der Waals surface area contributed by atoms with Crippen molar-refractivity contribution in [3.05, 3.63) is 53.8 Å². The van der Waals surface area contributed by atoms with Gasteiger partial charge in [-0.1, -0.05) is 0 Å². The largest absolute Gasteiger partial charge is 0.352 e. The number of aryl methyl sites for hydroxylation is 2. The maximum Gasteiger partial charge on any atom is 0.352 e. The lowest BCUT2D eigenvalue weighted by Gasteiger charge is -2.18. The van der Waals surface area contributed by atoms with Gasteiger partial charge in [-0.3, -0.25) is 19.1 Å². The molecule has 4 aliphatic rings. The number of aromatic amines is 1. The predicted octanol–water partition coefficient (Wildman–Crippen LogP) is -0.467. The molecule has 0 atom stereocenters. The van der Waals surface area contributed by atoms with Gasteiger partial charge in [0.05, 0.1) is 22.1 Å². The SMILES string of the molecule is CCn1c2nc(=O)[nH]c(=O)c-2nc2cc3c(cc21)nc1c(=O)n(C)c(=O)nc-1n3CC. The van der Waals surface area contributed by atoms with Crippen molar-refractivity contribution >= 4 is 22.1 Å². The van der Waals surface area contributed by atoms with Gasteiger partial charge in [-0.05, 0) is 26.0 Å². The van der Waals surface area contributed by atoms with Crippen LogP contribution in [0.15, 0.2) is 31.3 Å². The summed E-state index contributed by atoms with van der Waals surface area (Å²) >= 11 is 0. The van der Waals surface area contributed by atoms with Crippen molar-refractivity contribution in [3.63, 3.8) is 0 Å². The molecule has 5 rings (SSSR count). The number of fused-ring (bicyclic) bond motifs is 4. The van der Waals surface area contributed by atoms with Crippen LogP contribution in [0.3, 0.4) is 0 Å². The van der Waals surface area contributed by atoms with E-state index in [2.05, 4.69) is 24.9 Å². The van der Waals surface area contributed by atoms with Crippen LogP contribution >= 0.6 is 0 Å². The van der Waals surface area contributed by atoms with Crippen molar-refractivity contribution in [2.45, 2.75) is 26.9 Å². The Morgan fingerprint density at radius 1 is 0.806 bits per heavy atom. The summed E-state index contributed by atoms with van der Waals surface area (Å²) < 4.78 is 4.33. The Morgan fingerprint density at radius 3 is 1.94 bits per heavy atom. The highest BCUT2D eigenvalue weighted by Gasteiger charge is 2.22. The molecule has 0 saturated heterocycles. The molecule has 0 aliphatic carbocycles. The summed E-state index contributed by atoms with van der Waals surface area (Å²) in [6.45, 7) is 4.55. The highest BCUT2D eigenvalue weighted by atomic mass is 16.2. The zero-order chi connectivity index (χ0) is 22.0. The molecule has 1 aromatic rings. The van der Waals surface area contributed by atoms with Crippen LogP contribution in [-0.2, 0) is 20.1 Å². The molecular weight excluding hydrogens is 404 g/mol. The second kappa shape index (κ2) is 6.39. The van der Waals surface area contributed by atoms with E-state index in [0.29, 0.717) is 35.2 Å². The number of rotatable bonds is 2. The van der Waals surface area contributed by atoms with Crippen LogP contribution in [0.1, 0.15) is 13.8 Å². The maximum atomic E-state index is 12.6. The van der Waals surface area contributed by atoms with Gasteiger partial charge in [0.15, 0.2) is 23.0 Å². The molecule has 0 aromatic heterocycles. The minimum Gasteiger partial charge on any atom is -0.323 e. The van der Waals surface area contributed by atoms with Crippen molar-refractivity contribution in [2.24, 2.45) is 7.05 Å². The summed E-state index contributed by atoms with van der Waals surface area (Å²) in [5.74, 6) is 0.350. The van der Waals surface area contributed by atoms with E-state index in [1.165, 1.54) is 7.05 Å². The molecule has 0 saturated carbocycles. The summed E-state index contributed by atoms with van der Waals surface area (Å²) in [6, 6.07) is 3.45. The fraction of sp³-hybridized carbons (Fsp3) is 0.263. The van der Waals surface area contributed by atoms with Crippen LogP contribution in [0.2, 0.25) is 0 Å². The van der Waals surface area contributed by atoms with E-state index in [1.54, 1.807) is 21.3 Å². The van der Waals surface area contributed by atoms with Crippen molar-refractivity contribution in [1.82, 2.24) is 38.6 Å². The number of hydrogen-bond acceptors (Lipinski definition) is 8. The van der Waals surface area contributed by atoms with E-state index in [1.807, 2.05) is 13.8 Å². The summed E-state index contributed by atoms with van der Waals surface area (Å²) in [7, 11) is 1.35. The number of nitrogens with zero attached hydrogens (tertiary/aromatic N) is 7. The van der Waals surface area contributed by atoms with Crippen LogP contribution in [0.5, 0.6) is 0 Å². The first-order valence-electron chi connectivity index (χ1n) is 9.60. The van der Waals surface area contributed by atoms with E-state index in [4.69, 9.17) is 0 Å². The van der Waals surface area contributed by atoms with Crippen LogP contribution in [0.4, 0.5) is 0 Å². The standard InChI is InChI=1S/C19H16N8O4/c1-4-26-10-7-9-11(6-8(10)20-12-14(26)22-18(30)24-16(12)28)27(5-2)15-13(21-9)17(29)25(3)19(31)23-15/h6-7H,4-5H2,1-3H3,(H,24,28,30). The van der Waals surface area contributed by atoms with Crippen LogP contribution in [0, 0.1) is 0 Å². The Morgan fingerprint density at radius 2 is 1.35 bits per heavy atom. The first-order chi connectivity index (χ1) is 14.8. The van der Waals surface area contributed by atoms with E-state index < -0.39 is 22.5 Å². The second-order valence-electron chi connectivity index (χ2n) is 7.02. The molecule has 12 nitrogen and oxygen atoms in total. The third kappa shape index (κ3) is 2.54. The van der Waals surface area contributed by atoms with Crippen LogP contribution < -0.4 is 22.5 Å². The third-order valence-electron chi connectivity index (χ3n) is 5.32. The second-order valence-corrected chi connectivity index (χ2v) is 7.02. The van der Waals surface area contributed by atoms with Gasteiger partial charge in [-0.25, -0.2) is 19.6 Å². The minimum atomic E-state index is -0.752. The molecule has 156 valence electrons. The highest BCUT2D eigenvalue weighted by molar-refractivity contribution is 5.94. The van der Waals surface area contributed by atoms with E-state index in [0.717, 1.165) is 4.57 Å². The number of hydrogen-bond donors (Lipinski definition) is 1. The fourth-order valence-corrected chi connectivity index (χ4v) is 3.85. The lowest BCUT2D eigenvalue weighted by molar-refractivity contribution is 0.717. The Balaban J connectivity index is 2.04. The zero-order valence-corrected chi connectivity index (χ0v) is 16.8. The van der Waals surface area contributed by atoms with Gasteiger partial charge < -0.3 is 9.13 Å². The Labute approximate surface area is 172 Å². The molecule has 0 amide bonds. The van der Waals surface area contributed by atoms with Gasteiger partial charge in [-0.15, -0.1) is 0 Å².